The molecule has 0 spiro atoms. The number of fused-ring (bicyclic) bond motifs is 1. The molecule has 1 unspecified atom stereocenters. The molecule has 1 atom stereocenters. The maximum Gasteiger partial charge on any atom is 0.336 e. The van der Waals surface area contributed by atoms with Gasteiger partial charge in [0.2, 0.25) is 0 Å². The topological polar surface area (TPSA) is 94.2 Å². The fourth-order valence-corrected chi connectivity index (χ4v) is 4.09. The van der Waals surface area contributed by atoms with Crippen molar-refractivity contribution in [2.24, 2.45) is 0 Å². The Bertz CT molecular complexity index is 970. The third-order valence-corrected chi connectivity index (χ3v) is 5.46. The van der Waals surface area contributed by atoms with E-state index in [1.807, 2.05) is 0 Å². The molecule has 0 saturated carbocycles. The first-order valence-electron chi connectivity index (χ1n) is 6.79. The van der Waals surface area contributed by atoms with Crippen molar-refractivity contribution in [3.05, 3.63) is 40.1 Å². The van der Waals surface area contributed by atoms with E-state index in [-0.39, 0.29) is 0 Å². The molecule has 3 aromatic rings. The first kappa shape index (κ1) is 15.6. The molecular formula is C14H13N3O4S2. The lowest BCUT2D eigenvalue weighted by Gasteiger charge is -1.97. The van der Waals surface area contributed by atoms with Crippen molar-refractivity contribution in [1.82, 2.24) is 14.1 Å². The quantitative estimate of drug-likeness (QED) is 0.751. The number of aliphatic carboxylic acids is 1. The average Bonchev–Trinajstić information content (AvgIpc) is 3.10. The second-order valence-corrected chi connectivity index (χ2v) is 7.21. The Labute approximate surface area is 137 Å². The van der Waals surface area contributed by atoms with Crippen LogP contribution in [0.3, 0.4) is 0 Å². The van der Waals surface area contributed by atoms with Gasteiger partial charge in [0, 0.05) is 11.1 Å². The number of carboxylic acid groups (broad SMARTS) is 1. The molecular weight excluding hydrogens is 338 g/mol. The highest BCUT2D eigenvalue weighted by molar-refractivity contribution is 7.85. The molecule has 23 heavy (non-hydrogen) atoms. The number of rotatable bonds is 5. The average molecular weight is 351 g/mol. The zero-order chi connectivity index (χ0) is 16.6. The maximum atomic E-state index is 12.6. The molecule has 3 rings (SSSR count). The third-order valence-electron chi connectivity index (χ3n) is 3.29. The summed E-state index contributed by atoms with van der Waals surface area (Å²) in [5.74, 6) is -0.652. The van der Waals surface area contributed by atoms with E-state index in [2.05, 4.69) is 4.98 Å². The second kappa shape index (κ2) is 6.09. The standard InChI is InChI=1S/C14H13N3O4S2/c1-2-23(21)11-8-22-13(15-11)17-10-6-4-3-5-9(10)16(14(17)20)7-12(18)19/h3-6,8H,2,7H2,1H3,(H,18,19). The van der Waals surface area contributed by atoms with Crippen molar-refractivity contribution >= 4 is 39.1 Å². The van der Waals surface area contributed by atoms with Crippen LogP contribution in [-0.2, 0) is 22.1 Å². The molecule has 0 radical (unpaired) electrons. The minimum Gasteiger partial charge on any atom is -0.480 e. The van der Waals surface area contributed by atoms with Gasteiger partial charge in [-0.25, -0.2) is 14.3 Å². The van der Waals surface area contributed by atoms with E-state index >= 15 is 0 Å². The van der Waals surface area contributed by atoms with Crippen LogP contribution in [0.25, 0.3) is 16.2 Å². The van der Waals surface area contributed by atoms with Gasteiger partial charge in [0.15, 0.2) is 5.13 Å². The Hall–Kier alpha value is -2.26. The van der Waals surface area contributed by atoms with Crippen LogP contribution in [0.5, 0.6) is 0 Å². The molecule has 0 aliphatic heterocycles. The van der Waals surface area contributed by atoms with Crippen LogP contribution in [0, 0.1) is 0 Å². The molecule has 0 bridgehead atoms. The third kappa shape index (κ3) is 2.73. The lowest BCUT2D eigenvalue weighted by Crippen LogP contribution is -2.26. The molecule has 120 valence electrons. The van der Waals surface area contributed by atoms with Gasteiger partial charge in [-0.2, -0.15) is 0 Å². The van der Waals surface area contributed by atoms with Crippen LogP contribution >= 0.6 is 11.3 Å². The molecule has 2 aromatic heterocycles. The van der Waals surface area contributed by atoms with Crippen LogP contribution in [-0.4, -0.2) is 35.2 Å². The molecule has 0 aliphatic carbocycles. The first-order valence-corrected chi connectivity index (χ1v) is 8.99. The Morgan fingerprint density at radius 2 is 2.04 bits per heavy atom. The number of para-hydroxylation sites is 2. The van der Waals surface area contributed by atoms with Gasteiger partial charge in [-0.1, -0.05) is 19.1 Å². The van der Waals surface area contributed by atoms with E-state index in [4.69, 9.17) is 5.11 Å². The fourth-order valence-electron chi connectivity index (χ4n) is 2.29. The van der Waals surface area contributed by atoms with E-state index in [0.717, 1.165) is 0 Å². The van der Waals surface area contributed by atoms with Gasteiger partial charge in [0.1, 0.15) is 11.6 Å². The minimum absolute atomic E-state index is 0.382. The minimum atomic E-state index is -1.20. The summed E-state index contributed by atoms with van der Waals surface area (Å²) in [4.78, 5) is 27.9. The lowest BCUT2D eigenvalue weighted by atomic mass is 10.3. The number of carboxylic acids is 1. The molecule has 7 nitrogen and oxygen atoms in total. The van der Waals surface area contributed by atoms with E-state index in [0.29, 0.717) is 26.9 Å². The Morgan fingerprint density at radius 1 is 1.35 bits per heavy atom. The molecule has 0 saturated heterocycles. The number of aromatic nitrogens is 3. The van der Waals surface area contributed by atoms with Crippen LogP contribution in [0.2, 0.25) is 0 Å². The van der Waals surface area contributed by atoms with Gasteiger partial charge in [0.05, 0.1) is 21.8 Å². The van der Waals surface area contributed by atoms with E-state index in [1.54, 1.807) is 36.6 Å². The normalized spacial score (nSPS) is 12.6. The Morgan fingerprint density at radius 3 is 2.70 bits per heavy atom. The number of benzene rings is 1. The summed E-state index contributed by atoms with van der Waals surface area (Å²) in [5, 5.41) is 11.5. The lowest BCUT2D eigenvalue weighted by molar-refractivity contribution is -0.137. The molecule has 2 heterocycles. The van der Waals surface area contributed by atoms with Gasteiger partial charge in [0.25, 0.3) is 0 Å². The zero-order valence-corrected chi connectivity index (χ0v) is 13.8. The predicted octanol–water partition coefficient (Wildman–Crippen LogP) is 1.46. The second-order valence-electron chi connectivity index (χ2n) is 4.69. The summed E-state index contributed by atoms with van der Waals surface area (Å²) in [6.45, 7) is 1.37. The highest BCUT2D eigenvalue weighted by Gasteiger charge is 2.19. The molecule has 0 aliphatic rings. The number of thiazole rings is 1. The number of imidazole rings is 1. The molecule has 1 aromatic carbocycles. The van der Waals surface area contributed by atoms with Crippen molar-refractivity contribution in [2.75, 3.05) is 5.75 Å². The summed E-state index contributed by atoms with van der Waals surface area (Å²) in [7, 11) is -1.20. The first-order chi connectivity index (χ1) is 11.0. The molecule has 0 amide bonds. The fraction of sp³-hybridized carbons (Fsp3) is 0.214. The Balaban J connectivity index is 2.23. The van der Waals surface area contributed by atoms with E-state index in [1.165, 1.54) is 20.5 Å². The van der Waals surface area contributed by atoms with Gasteiger partial charge in [-0.05, 0) is 12.1 Å². The number of hydrogen-bond donors (Lipinski definition) is 1. The SMILES string of the molecule is CCS(=O)c1csc(-n2c(=O)n(CC(=O)O)c3ccccc32)n1. The van der Waals surface area contributed by atoms with Crippen molar-refractivity contribution in [1.29, 1.82) is 0 Å². The van der Waals surface area contributed by atoms with Crippen molar-refractivity contribution in [2.45, 2.75) is 18.5 Å². The maximum absolute atomic E-state index is 12.6. The Kier molecular flexibility index (Phi) is 4.14. The van der Waals surface area contributed by atoms with Gasteiger partial charge in [-0.3, -0.25) is 13.6 Å². The summed E-state index contributed by atoms with van der Waals surface area (Å²) in [5.41, 5.74) is 0.618. The number of hydrogen-bond acceptors (Lipinski definition) is 5. The zero-order valence-electron chi connectivity index (χ0n) is 12.1. The smallest absolute Gasteiger partial charge is 0.336 e. The van der Waals surface area contributed by atoms with Crippen LogP contribution in [0.15, 0.2) is 39.5 Å². The summed E-state index contributed by atoms with van der Waals surface area (Å²) in [6, 6.07) is 6.92. The van der Waals surface area contributed by atoms with Gasteiger partial charge in [-0.15, -0.1) is 11.3 Å². The van der Waals surface area contributed by atoms with Crippen molar-refractivity contribution < 1.29 is 14.1 Å². The van der Waals surface area contributed by atoms with Crippen molar-refractivity contribution in [3.63, 3.8) is 0 Å². The van der Waals surface area contributed by atoms with Crippen LogP contribution in [0.4, 0.5) is 0 Å². The van der Waals surface area contributed by atoms with Crippen LogP contribution < -0.4 is 5.69 Å². The highest BCUT2D eigenvalue weighted by Crippen LogP contribution is 2.21. The summed E-state index contributed by atoms with van der Waals surface area (Å²) < 4.78 is 14.4. The number of nitrogens with zero attached hydrogens (tertiary/aromatic N) is 3. The van der Waals surface area contributed by atoms with E-state index in [9.17, 15) is 13.8 Å². The summed E-state index contributed by atoms with van der Waals surface area (Å²) in [6.07, 6.45) is 0. The van der Waals surface area contributed by atoms with Crippen LogP contribution in [0.1, 0.15) is 6.92 Å². The summed E-state index contributed by atoms with van der Waals surface area (Å²) >= 11 is 1.21. The van der Waals surface area contributed by atoms with Gasteiger partial charge >= 0.3 is 11.7 Å². The monoisotopic (exact) mass is 351 g/mol. The predicted molar refractivity (Wildman–Crippen MR) is 87.8 cm³/mol. The molecule has 1 N–H and O–H groups in total. The van der Waals surface area contributed by atoms with Gasteiger partial charge < -0.3 is 5.11 Å². The highest BCUT2D eigenvalue weighted by atomic mass is 32.2. The molecule has 9 heteroatoms. The van der Waals surface area contributed by atoms with Crippen molar-refractivity contribution in [3.8, 4) is 5.13 Å². The largest absolute Gasteiger partial charge is 0.480 e. The molecule has 0 fully saturated rings. The van der Waals surface area contributed by atoms with E-state index < -0.39 is 29.0 Å². The number of carbonyl (C=O) groups is 1.